The molecule has 2 atom stereocenters. The van der Waals surface area contributed by atoms with Crippen molar-refractivity contribution in [2.45, 2.75) is 58.5 Å². The fourth-order valence-electron chi connectivity index (χ4n) is 2.92. The Hall–Kier alpha value is -1.36. The molecule has 1 aromatic rings. The number of nitrogens with one attached hydrogen (secondary N) is 2. The van der Waals surface area contributed by atoms with Gasteiger partial charge >= 0.3 is 0 Å². The summed E-state index contributed by atoms with van der Waals surface area (Å²) in [5, 5.41) is 16.5. The fourth-order valence-corrected chi connectivity index (χ4v) is 2.92. The number of hydrogen-bond donors (Lipinski definition) is 3. The first-order valence-electron chi connectivity index (χ1n) is 8.24. The molecule has 21 heavy (non-hydrogen) atoms. The van der Waals surface area contributed by atoms with Crippen LogP contribution in [0.3, 0.4) is 0 Å². The SMILES string of the molecule is CCCNc1ncnc(NCC2CCC(O)C2)c1CCC. The number of anilines is 2. The molecule has 118 valence electrons. The van der Waals surface area contributed by atoms with Crippen molar-refractivity contribution in [2.24, 2.45) is 5.92 Å². The first-order chi connectivity index (χ1) is 10.2. The molecule has 0 aromatic carbocycles. The van der Waals surface area contributed by atoms with Crippen molar-refractivity contribution in [3.05, 3.63) is 11.9 Å². The summed E-state index contributed by atoms with van der Waals surface area (Å²) < 4.78 is 0. The number of nitrogens with zero attached hydrogens (tertiary/aromatic N) is 2. The minimum Gasteiger partial charge on any atom is -0.393 e. The van der Waals surface area contributed by atoms with Crippen LogP contribution in [0, 0.1) is 5.92 Å². The van der Waals surface area contributed by atoms with Gasteiger partial charge in [0.25, 0.3) is 0 Å². The van der Waals surface area contributed by atoms with Crippen LogP contribution in [-0.2, 0) is 6.42 Å². The standard InChI is InChI=1S/C16H28N4O/c1-3-5-14-15(17-8-4-2)19-11-20-16(14)18-10-12-6-7-13(21)9-12/h11-13,21H,3-10H2,1-2H3,(H2,17,18,19,20). The van der Waals surface area contributed by atoms with Gasteiger partial charge in [0.05, 0.1) is 6.10 Å². The fraction of sp³-hybridized carbons (Fsp3) is 0.750. The molecule has 2 unspecified atom stereocenters. The van der Waals surface area contributed by atoms with E-state index in [1.807, 2.05) is 0 Å². The zero-order valence-electron chi connectivity index (χ0n) is 13.2. The van der Waals surface area contributed by atoms with Crippen molar-refractivity contribution in [3.63, 3.8) is 0 Å². The third-order valence-electron chi connectivity index (χ3n) is 4.06. The molecule has 5 nitrogen and oxygen atoms in total. The molecule has 1 aliphatic rings. The summed E-state index contributed by atoms with van der Waals surface area (Å²) in [6.45, 7) is 6.14. The highest BCUT2D eigenvalue weighted by molar-refractivity contribution is 5.57. The van der Waals surface area contributed by atoms with E-state index in [4.69, 9.17) is 0 Å². The summed E-state index contributed by atoms with van der Waals surface area (Å²) in [5.74, 6) is 2.46. The maximum absolute atomic E-state index is 9.61. The number of aliphatic hydroxyl groups is 1. The summed E-state index contributed by atoms with van der Waals surface area (Å²) in [6, 6.07) is 0. The molecular weight excluding hydrogens is 264 g/mol. The second-order valence-corrected chi connectivity index (χ2v) is 5.94. The summed E-state index contributed by atoms with van der Waals surface area (Å²) in [6.07, 6.45) is 7.58. The smallest absolute Gasteiger partial charge is 0.134 e. The lowest BCUT2D eigenvalue weighted by Crippen LogP contribution is -2.16. The molecule has 0 aliphatic heterocycles. The molecule has 0 amide bonds. The van der Waals surface area contributed by atoms with Gasteiger partial charge in [-0.25, -0.2) is 9.97 Å². The van der Waals surface area contributed by atoms with Crippen LogP contribution >= 0.6 is 0 Å². The van der Waals surface area contributed by atoms with E-state index < -0.39 is 0 Å². The van der Waals surface area contributed by atoms with Gasteiger partial charge in [-0.1, -0.05) is 20.3 Å². The molecule has 2 rings (SSSR count). The Morgan fingerprint density at radius 2 is 1.90 bits per heavy atom. The molecule has 0 radical (unpaired) electrons. The van der Waals surface area contributed by atoms with E-state index in [-0.39, 0.29) is 6.10 Å². The van der Waals surface area contributed by atoms with Crippen LogP contribution in [0.1, 0.15) is 51.5 Å². The third-order valence-corrected chi connectivity index (χ3v) is 4.06. The van der Waals surface area contributed by atoms with Gasteiger partial charge < -0.3 is 15.7 Å². The van der Waals surface area contributed by atoms with E-state index in [9.17, 15) is 5.11 Å². The lowest BCUT2D eigenvalue weighted by atomic mass is 10.1. The maximum Gasteiger partial charge on any atom is 0.134 e. The monoisotopic (exact) mass is 292 g/mol. The Morgan fingerprint density at radius 3 is 2.52 bits per heavy atom. The van der Waals surface area contributed by atoms with Crippen LogP contribution in [0.25, 0.3) is 0 Å². The lowest BCUT2D eigenvalue weighted by Gasteiger charge is -2.17. The quantitative estimate of drug-likeness (QED) is 0.687. The van der Waals surface area contributed by atoms with Crippen molar-refractivity contribution in [1.82, 2.24) is 9.97 Å². The highest BCUT2D eigenvalue weighted by Gasteiger charge is 2.23. The topological polar surface area (TPSA) is 70.1 Å². The second-order valence-electron chi connectivity index (χ2n) is 5.94. The van der Waals surface area contributed by atoms with Gasteiger partial charge in [0.1, 0.15) is 18.0 Å². The molecule has 0 bridgehead atoms. The van der Waals surface area contributed by atoms with Gasteiger partial charge in [-0.05, 0) is 38.0 Å². The van der Waals surface area contributed by atoms with Gasteiger partial charge in [0.2, 0.25) is 0 Å². The van der Waals surface area contributed by atoms with Crippen LogP contribution in [-0.4, -0.2) is 34.3 Å². The Balaban J connectivity index is 2.02. The van der Waals surface area contributed by atoms with E-state index in [2.05, 4.69) is 34.4 Å². The minimum atomic E-state index is -0.112. The average molecular weight is 292 g/mol. The van der Waals surface area contributed by atoms with E-state index >= 15 is 0 Å². The molecule has 1 saturated carbocycles. The first kappa shape index (κ1) is 16.0. The number of hydrogen-bond acceptors (Lipinski definition) is 5. The van der Waals surface area contributed by atoms with Gasteiger partial charge in [0.15, 0.2) is 0 Å². The van der Waals surface area contributed by atoms with Crippen molar-refractivity contribution < 1.29 is 5.11 Å². The minimum absolute atomic E-state index is 0.112. The Morgan fingerprint density at radius 1 is 1.14 bits per heavy atom. The van der Waals surface area contributed by atoms with Gasteiger partial charge in [0, 0.05) is 18.7 Å². The van der Waals surface area contributed by atoms with Gasteiger partial charge in [-0.2, -0.15) is 0 Å². The largest absolute Gasteiger partial charge is 0.393 e. The average Bonchev–Trinajstić information content (AvgIpc) is 2.90. The summed E-state index contributed by atoms with van der Waals surface area (Å²) in [4.78, 5) is 8.81. The first-order valence-corrected chi connectivity index (χ1v) is 8.24. The third kappa shape index (κ3) is 4.56. The summed E-state index contributed by atoms with van der Waals surface area (Å²) in [7, 11) is 0. The van der Waals surface area contributed by atoms with Crippen LogP contribution < -0.4 is 10.6 Å². The summed E-state index contributed by atoms with van der Waals surface area (Å²) >= 11 is 0. The molecular formula is C16H28N4O. The van der Waals surface area contributed by atoms with E-state index in [0.717, 1.165) is 63.3 Å². The van der Waals surface area contributed by atoms with Crippen LogP contribution in [0.4, 0.5) is 11.6 Å². The van der Waals surface area contributed by atoms with Crippen molar-refractivity contribution in [3.8, 4) is 0 Å². The zero-order chi connectivity index (χ0) is 15.1. The molecule has 1 heterocycles. The second kappa shape index (κ2) is 8.17. The van der Waals surface area contributed by atoms with Crippen LogP contribution in [0.2, 0.25) is 0 Å². The van der Waals surface area contributed by atoms with E-state index in [0.29, 0.717) is 5.92 Å². The van der Waals surface area contributed by atoms with Crippen molar-refractivity contribution in [2.75, 3.05) is 23.7 Å². The van der Waals surface area contributed by atoms with Gasteiger partial charge in [-0.3, -0.25) is 0 Å². The number of aliphatic hydroxyl groups excluding tert-OH is 1. The normalized spacial score (nSPS) is 21.5. The van der Waals surface area contributed by atoms with Crippen molar-refractivity contribution >= 4 is 11.6 Å². The highest BCUT2D eigenvalue weighted by Crippen LogP contribution is 2.27. The molecule has 0 saturated heterocycles. The number of aromatic nitrogens is 2. The lowest BCUT2D eigenvalue weighted by molar-refractivity contribution is 0.178. The molecule has 1 aromatic heterocycles. The van der Waals surface area contributed by atoms with Crippen molar-refractivity contribution in [1.29, 1.82) is 0 Å². The van der Waals surface area contributed by atoms with Gasteiger partial charge in [-0.15, -0.1) is 0 Å². The van der Waals surface area contributed by atoms with E-state index in [1.54, 1.807) is 6.33 Å². The Kier molecular flexibility index (Phi) is 6.23. The predicted molar refractivity (Wildman–Crippen MR) is 86.6 cm³/mol. The van der Waals surface area contributed by atoms with E-state index in [1.165, 1.54) is 5.56 Å². The zero-order valence-corrected chi connectivity index (χ0v) is 13.2. The maximum atomic E-state index is 9.61. The predicted octanol–water partition coefficient (Wildman–Crippen LogP) is 2.82. The van der Waals surface area contributed by atoms with Crippen LogP contribution in [0.15, 0.2) is 6.33 Å². The number of rotatable bonds is 8. The Bertz CT molecular complexity index is 438. The molecule has 1 aliphatic carbocycles. The molecule has 5 heteroatoms. The highest BCUT2D eigenvalue weighted by atomic mass is 16.3. The summed E-state index contributed by atoms with van der Waals surface area (Å²) in [5.41, 5.74) is 1.19. The van der Waals surface area contributed by atoms with Crippen LogP contribution in [0.5, 0.6) is 0 Å². The Labute approximate surface area is 127 Å². The molecule has 3 N–H and O–H groups in total. The molecule has 0 spiro atoms. The molecule has 1 fully saturated rings.